The van der Waals surface area contributed by atoms with Gasteiger partial charge in [0.15, 0.2) is 0 Å². The number of para-hydroxylation sites is 1. The summed E-state index contributed by atoms with van der Waals surface area (Å²) in [6.07, 6.45) is 6.99. The van der Waals surface area contributed by atoms with E-state index < -0.39 is 0 Å². The second kappa shape index (κ2) is 10.1. The first kappa shape index (κ1) is 20.9. The molecule has 0 aliphatic carbocycles. The molecular formula is C26H31N5O. The highest BCUT2D eigenvalue weighted by atomic mass is 16.5. The molecule has 1 aromatic heterocycles. The molecule has 5 rings (SSSR count). The molecule has 2 fully saturated rings. The van der Waals surface area contributed by atoms with Crippen molar-refractivity contribution in [3.05, 3.63) is 66.2 Å². The normalized spacial score (nSPS) is 19.8. The number of hydrogen-bond donors (Lipinski definition) is 1. The van der Waals surface area contributed by atoms with Crippen LogP contribution in [0.2, 0.25) is 0 Å². The third-order valence-electron chi connectivity index (χ3n) is 6.24. The zero-order valence-corrected chi connectivity index (χ0v) is 18.5. The number of hydrogen-bond acceptors (Lipinski definition) is 6. The minimum Gasteiger partial charge on any atom is -0.376 e. The van der Waals surface area contributed by atoms with Crippen LogP contribution >= 0.6 is 0 Å². The molecule has 6 heteroatoms. The molecule has 166 valence electrons. The predicted octanol–water partition coefficient (Wildman–Crippen LogP) is 4.06. The summed E-state index contributed by atoms with van der Waals surface area (Å²) < 4.78 is 5.78. The summed E-state index contributed by atoms with van der Waals surface area (Å²) in [7, 11) is 0. The fraction of sp³-hybridized carbons (Fsp3) is 0.385. The Balaban J connectivity index is 1.23. The maximum Gasteiger partial charge on any atom is 0.227 e. The van der Waals surface area contributed by atoms with E-state index >= 15 is 0 Å². The van der Waals surface area contributed by atoms with E-state index in [0.717, 1.165) is 81.4 Å². The molecule has 0 spiro atoms. The lowest BCUT2D eigenvalue weighted by Gasteiger charge is -2.34. The maximum absolute atomic E-state index is 5.78. The lowest BCUT2D eigenvalue weighted by atomic mass is 10.2. The van der Waals surface area contributed by atoms with E-state index in [9.17, 15) is 0 Å². The number of piperazine rings is 1. The van der Waals surface area contributed by atoms with Crippen LogP contribution in [0.1, 0.15) is 18.4 Å². The lowest BCUT2D eigenvalue weighted by molar-refractivity contribution is 0.120. The van der Waals surface area contributed by atoms with Crippen LogP contribution in [0.4, 0.5) is 11.8 Å². The average Bonchev–Trinajstić information content (AvgIpc) is 3.37. The molecule has 1 unspecified atom stereocenters. The molecule has 0 saturated carbocycles. The zero-order chi connectivity index (χ0) is 21.6. The molecule has 1 N–H and O–H groups in total. The van der Waals surface area contributed by atoms with Gasteiger partial charge in [-0.05, 0) is 30.5 Å². The third-order valence-corrected chi connectivity index (χ3v) is 6.24. The van der Waals surface area contributed by atoms with Crippen LogP contribution in [-0.2, 0) is 4.74 Å². The number of ether oxygens (including phenoxy) is 1. The van der Waals surface area contributed by atoms with Gasteiger partial charge in [-0.3, -0.25) is 4.90 Å². The molecule has 2 aliphatic rings. The first-order valence-corrected chi connectivity index (χ1v) is 11.7. The third kappa shape index (κ3) is 5.09. The second-order valence-electron chi connectivity index (χ2n) is 8.51. The van der Waals surface area contributed by atoms with Gasteiger partial charge in [-0.1, -0.05) is 54.6 Å². The van der Waals surface area contributed by atoms with E-state index in [1.54, 1.807) is 0 Å². The summed E-state index contributed by atoms with van der Waals surface area (Å²) in [5.41, 5.74) is 2.24. The van der Waals surface area contributed by atoms with E-state index in [1.807, 2.05) is 12.1 Å². The molecule has 2 aliphatic heterocycles. The Kier molecular flexibility index (Phi) is 6.61. The maximum atomic E-state index is 5.78. The number of fused-ring (bicyclic) bond motifs is 1. The van der Waals surface area contributed by atoms with Crippen LogP contribution in [0.3, 0.4) is 0 Å². The lowest BCUT2D eigenvalue weighted by Crippen LogP contribution is -2.47. The topological polar surface area (TPSA) is 53.5 Å². The van der Waals surface area contributed by atoms with Crippen molar-refractivity contribution < 1.29 is 4.74 Å². The molecule has 3 aromatic rings. The van der Waals surface area contributed by atoms with Crippen LogP contribution in [0, 0.1) is 0 Å². The zero-order valence-electron chi connectivity index (χ0n) is 18.5. The quantitative estimate of drug-likeness (QED) is 0.611. The molecule has 1 atom stereocenters. The van der Waals surface area contributed by atoms with Gasteiger partial charge in [0, 0.05) is 51.3 Å². The Morgan fingerprint density at radius 2 is 1.78 bits per heavy atom. The van der Waals surface area contributed by atoms with Crippen molar-refractivity contribution in [3.63, 3.8) is 0 Å². The SMILES string of the molecule is C(=Cc1ccccc1)CN1CCN(c2nc(NCC3CCCO3)c3ccccc3n2)CC1. The smallest absolute Gasteiger partial charge is 0.227 e. The first-order valence-electron chi connectivity index (χ1n) is 11.7. The van der Waals surface area contributed by atoms with Crippen molar-refractivity contribution in [1.82, 2.24) is 14.9 Å². The van der Waals surface area contributed by atoms with Crippen molar-refractivity contribution in [2.75, 3.05) is 56.1 Å². The summed E-state index contributed by atoms with van der Waals surface area (Å²) in [4.78, 5) is 14.6. The molecule has 0 bridgehead atoms. The van der Waals surface area contributed by atoms with Crippen molar-refractivity contribution in [3.8, 4) is 0 Å². The van der Waals surface area contributed by atoms with E-state index in [0.29, 0.717) is 0 Å². The fourth-order valence-electron chi connectivity index (χ4n) is 4.39. The Hall–Kier alpha value is -2.96. The van der Waals surface area contributed by atoms with Crippen LogP contribution in [-0.4, -0.2) is 66.8 Å². The van der Waals surface area contributed by atoms with Crippen molar-refractivity contribution in [2.45, 2.75) is 18.9 Å². The van der Waals surface area contributed by atoms with Gasteiger partial charge in [-0.15, -0.1) is 0 Å². The van der Waals surface area contributed by atoms with Gasteiger partial charge in [-0.2, -0.15) is 4.98 Å². The van der Waals surface area contributed by atoms with Crippen molar-refractivity contribution >= 4 is 28.7 Å². The standard InChI is InChI=1S/C26H31N5O/c1-2-8-21(9-3-1)10-6-14-30-15-17-31(18-16-30)26-28-24-13-5-4-12-23(24)25(29-26)27-20-22-11-7-19-32-22/h1-6,8-10,12-13,22H,7,11,14-20H2,(H,27,28,29). The fourth-order valence-corrected chi connectivity index (χ4v) is 4.39. The van der Waals surface area contributed by atoms with E-state index in [2.05, 4.69) is 69.7 Å². The Morgan fingerprint density at radius 3 is 2.59 bits per heavy atom. The first-order chi connectivity index (χ1) is 15.8. The van der Waals surface area contributed by atoms with E-state index in [-0.39, 0.29) is 6.10 Å². The minimum atomic E-state index is 0.277. The minimum absolute atomic E-state index is 0.277. The molecule has 0 amide bonds. The van der Waals surface area contributed by atoms with Crippen molar-refractivity contribution in [1.29, 1.82) is 0 Å². The van der Waals surface area contributed by atoms with Gasteiger partial charge in [0.1, 0.15) is 5.82 Å². The van der Waals surface area contributed by atoms with E-state index in [4.69, 9.17) is 14.7 Å². The molecule has 6 nitrogen and oxygen atoms in total. The number of nitrogens with zero attached hydrogens (tertiary/aromatic N) is 4. The van der Waals surface area contributed by atoms with Gasteiger partial charge in [-0.25, -0.2) is 4.98 Å². The Labute approximate surface area is 189 Å². The monoisotopic (exact) mass is 429 g/mol. The van der Waals surface area contributed by atoms with E-state index in [1.165, 1.54) is 5.56 Å². The number of nitrogens with one attached hydrogen (secondary N) is 1. The molecule has 32 heavy (non-hydrogen) atoms. The summed E-state index contributed by atoms with van der Waals surface area (Å²) in [6.45, 7) is 6.51. The van der Waals surface area contributed by atoms with Crippen LogP contribution in [0.15, 0.2) is 60.7 Å². The van der Waals surface area contributed by atoms with Gasteiger partial charge >= 0.3 is 0 Å². The predicted molar refractivity (Wildman–Crippen MR) is 131 cm³/mol. The molecular weight excluding hydrogens is 398 g/mol. The van der Waals surface area contributed by atoms with Crippen LogP contribution < -0.4 is 10.2 Å². The molecule has 0 radical (unpaired) electrons. The van der Waals surface area contributed by atoms with Gasteiger partial charge < -0.3 is 15.0 Å². The number of anilines is 2. The Morgan fingerprint density at radius 1 is 0.969 bits per heavy atom. The highest BCUT2D eigenvalue weighted by molar-refractivity contribution is 5.90. The molecule has 2 aromatic carbocycles. The Bertz CT molecular complexity index is 1040. The molecule has 3 heterocycles. The van der Waals surface area contributed by atoms with Gasteiger partial charge in [0.05, 0.1) is 11.6 Å². The molecule has 2 saturated heterocycles. The summed E-state index contributed by atoms with van der Waals surface area (Å²) in [6, 6.07) is 18.7. The second-order valence-corrected chi connectivity index (χ2v) is 8.51. The number of rotatable bonds is 7. The average molecular weight is 430 g/mol. The number of benzene rings is 2. The van der Waals surface area contributed by atoms with Crippen molar-refractivity contribution in [2.24, 2.45) is 0 Å². The summed E-state index contributed by atoms with van der Waals surface area (Å²) in [5.74, 6) is 1.73. The van der Waals surface area contributed by atoms with Gasteiger partial charge in [0.25, 0.3) is 0 Å². The van der Waals surface area contributed by atoms with Gasteiger partial charge in [0.2, 0.25) is 5.95 Å². The summed E-state index contributed by atoms with van der Waals surface area (Å²) >= 11 is 0. The largest absolute Gasteiger partial charge is 0.376 e. The number of aromatic nitrogens is 2. The highest BCUT2D eigenvalue weighted by Crippen LogP contribution is 2.25. The highest BCUT2D eigenvalue weighted by Gasteiger charge is 2.21. The summed E-state index contributed by atoms with van der Waals surface area (Å²) in [5, 5.41) is 4.61. The van der Waals surface area contributed by atoms with Crippen LogP contribution in [0.25, 0.3) is 17.0 Å². The van der Waals surface area contributed by atoms with Crippen LogP contribution in [0.5, 0.6) is 0 Å².